The van der Waals surface area contributed by atoms with Crippen molar-refractivity contribution in [2.45, 2.75) is 4.52 Å². The molecule has 1 aromatic carbocycles. The van der Waals surface area contributed by atoms with Gasteiger partial charge in [0.2, 0.25) is 4.52 Å². The molecular weight excluding hydrogens is 539 g/mol. The Morgan fingerprint density at radius 1 is 0.676 bits per heavy atom. The van der Waals surface area contributed by atoms with E-state index in [0.717, 1.165) is 9.80 Å². The fourth-order valence-corrected chi connectivity index (χ4v) is 2.33. The smallest absolute Gasteiger partial charge is 0.549 e. The Bertz CT molecular complexity index is 661. The standard InChI is InChI=1S/C10H16N2O8.C7H6Cl2O.4Na/c13-7(14)3-11(4-8(15)16)1-2-12(5-9(17)18)6-10(19)20;8-7(9,10)6-4-2-1-3-5-6;;;;/h1-6H2,(H,13,14)(H,15,16)(H,17,18)(H,19,20);1-5,10H;;;;/q;;4*+1/p-4. The zero-order valence-electron chi connectivity index (χ0n) is 19.5. The molecule has 0 aromatic heterocycles. The zero-order chi connectivity index (χ0) is 23.3. The molecule has 11 nitrogen and oxygen atoms in total. The van der Waals surface area contributed by atoms with Gasteiger partial charge in [-0.3, -0.25) is 9.80 Å². The van der Waals surface area contributed by atoms with E-state index in [9.17, 15) is 39.6 Å². The van der Waals surface area contributed by atoms with Crippen molar-refractivity contribution in [2.24, 2.45) is 0 Å². The summed E-state index contributed by atoms with van der Waals surface area (Å²) in [5.74, 6) is -6.12. The van der Waals surface area contributed by atoms with Crippen LogP contribution in [-0.2, 0) is 23.7 Å². The normalized spacial score (nSPS) is 9.68. The third kappa shape index (κ3) is 26.6. The molecule has 0 radical (unpaired) electrons. The van der Waals surface area contributed by atoms with Crippen LogP contribution in [0.15, 0.2) is 30.3 Å². The van der Waals surface area contributed by atoms with E-state index >= 15 is 0 Å². The van der Waals surface area contributed by atoms with Crippen molar-refractivity contribution in [3.63, 3.8) is 0 Å². The van der Waals surface area contributed by atoms with Crippen molar-refractivity contribution in [1.82, 2.24) is 9.80 Å². The van der Waals surface area contributed by atoms with Gasteiger partial charge in [-0.2, -0.15) is 0 Å². The minimum atomic E-state index is -1.76. The third-order valence-corrected chi connectivity index (χ3v) is 3.70. The van der Waals surface area contributed by atoms with Gasteiger partial charge in [-0.05, 0) is 0 Å². The first-order chi connectivity index (χ1) is 13.8. The number of carboxylic acids is 4. The Balaban J connectivity index is -0.000000171. The second-order valence-electron chi connectivity index (χ2n) is 5.82. The van der Waals surface area contributed by atoms with Crippen molar-refractivity contribution >= 4 is 47.1 Å². The monoisotopic (exact) mass is 556 g/mol. The number of carbonyl (C=O) groups is 4. The number of rotatable bonds is 12. The third-order valence-electron chi connectivity index (χ3n) is 3.26. The van der Waals surface area contributed by atoms with Crippen LogP contribution < -0.4 is 139 Å². The molecule has 0 aliphatic rings. The average Bonchev–Trinajstić information content (AvgIpc) is 2.58. The largest absolute Gasteiger partial charge is 1.00 e. The van der Waals surface area contributed by atoms with Crippen LogP contribution in [0.2, 0.25) is 0 Å². The van der Waals surface area contributed by atoms with Gasteiger partial charge in [0.1, 0.15) is 0 Å². The fourth-order valence-electron chi connectivity index (χ4n) is 2.08. The molecule has 34 heavy (non-hydrogen) atoms. The number of nitrogens with zero attached hydrogens (tertiary/aromatic N) is 2. The van der Waals surface area contributed by atoms with Gasteiger partial charge in [0.05, 0.1) is 23.9 Å². The van der Waals surface area contributed by atoms with E-state index in [1.54, 1.807) is 24.3 Å². The number of hydrogen-bond acceptors (Lipinski definition) is 11. The topological polar surface area (TPSA) is 187 Å². The average molecular weight is 557 g/mol. The summed E-state index contributed by atoms with van der Waals surface area (Å²) in [6, 6.07) is 8.64. The first-order valence-corrected chi connectivity index (χ1v) is 8.96. The molecule has 0 atom stereocenters. The van der Waals surface area contributed by atoms with Gasteiger partial charge in [0, 0.05) is 44.8 Å². The molecule has 0 spiro atoms. The summed E-state index contributed by atoms with van der Waals surface area (Å²) in [6.45, 7) is -3.25. The van der Waals surface area contributed by atoms with E-state index in [1.807, 2.05) is 6.07 Å². The van der Waals surface area contributed by atoms with Crippen molar-refractivity contribution in [3.05, 3.63) is 35.9 Å². The summed E-state index contributed by atoms with van der Waals surface area (Å²) in [7, 11) is 0. The molecule has 0 aliphatic heterocycles. The molecule has 0 fully saturated rings. The van der Waals surface area contributed by atoms with Crippen molar-refractivity contribution in [2.75, 3.05) is 39.3 Å². The van der Waals surface area contributed by atoms with Crippen molar-refractivity contribution in [1.29, 1.82) is 0 Å². The number of carboxylic acid groups (broad SMARTS) is 4. The van der Waals surface area contributed by atoms with Gasteiger partial charge in [0.15, 0.2) is 0 Å². The van der Waals surface area contributed by atoms with Gasteiger partial charge in [-0.25, -0.2) is 0 Å². The molecule has 0 saturated carbocycles. The minimum Gasteiger partial charge on any atom is -0.549 e. The Labute approximate surface area is 295 Å². The maximum Gasteiger partial charge on any atom is 1.00 e. The molecular formula is C17H18Cl2N2Na4O9. The molecule has 168 valence electrons. The molecule has 1 rings (SSSR count). The van der Waals surface area contributed by atoms with E-state index in [1.165, 1.54) is 0 Å². The number of halogens is 2. The molecule has 1 N–H and O–H groups in total. The molecule has 0 saturated heterocycles. The maximum atomic E-state index is 10.4. The minimum absolute atomic E-state index is 0. The Morgan fingerprint density at radius 2 is 0.941 bits per heavy atom. The number of aliphatic carboxylic acids is 4. The molecule has 0 bridgehead atoms. The van der Waals surface area contributed by atoms with Crippen LogP contribution in [0.4, 0.5) is 0 Å². The number of carbonyl (C=O) groups excluding carboxylic acids is 4. The van der Waals surface area contributed by atoms with Crippen LogP contribution in [0.5, 0.6) is 0 Å². The SMILES string of the molecule is O=C([O-])CN(CCN(CC(=O)[O-])CC(=O)[O-])CC(=O)[O-].OC(Cl)(Cl)c1ccccc1.[Na+].[Na+].[Na+].[Na+]. The van der Waals surface area contributed by atoms with E-state index in [0.29, 0.717) is 5.56 Å². The van der Waals surface area contributed by atoms with Crippen LogP contribution in [0.25, 0.3) is 0 Å². The van der Waals surface area contributed by atoms with Gasteiger partial charge < -0.3 is 44.7 Å². The predicted molar refractivity (Wildman–Crippen MR) is 95.0 cm³/mol. The van der Waals surface area contributed by atoms with Crippen LogP contribution >= 0.6 is 23.2 Å². The molecule has 17 heteroatoms. The van der Waals surface area contributed by atoms with Crippen LogP contribution in [0, 0.1) is 0 Å². The number of hydrogen-bond donors (Lipinski definition) is 1. The van der Waals surface area contributed by atoms with Gasteiger partial charge in [0.25, 0.3) is 0 Å². The van der Waals surface area contributed by atoms with E-state index in [-0.39, 0.29) is 131 Å². The summed E-state index contributed by atoms with van der Waals surface area (Å²) in [6.07, 6.45) is 0. The van der Waals surface area contributed by atoms with E-state index in [4.69, 9.17) is 28.3 Å². The summed E-state index contributed by atoms with van der Waals surface area (Å²) in [4.78, 5) is 43.4. The van der Waals surface area contributed by atoms with Gasteiger partial charge in [-0.15, -0.1) is 0 Å². The summed E-state index contributed by atoms with van der Waals surface area (Å²) in [5, 5.41) is 50.6. The molecule has 0 heterocycles. The first-order valence-electron chi connectivity index (χ1n) is 8.21. The number of alkyl halides is 2. The first kappa shape index (κ1) is 45.5. The number of benzene rings is 1. The molecule has 0 aliphatic carbocycles. The van der Waals surface area contributed by atoms with E-state index in [2.05, 4.69) is 0 Å². The van der Waals surface area contributed by atoms with E-state index < -0.39 is 54.6 Å². The van der Waals surface area contributed by atoms with Crippen LogP contribution in [0.3, 0.4) is 0 Å². The number of aliphatic hydroxyl groups is 1. The maximum absolute atomic E-state index is 10.4. The van der Waals surface area contributed by atoms with Gasteiger partial charge >= 0.3 is 118 Å². The fraction of sp³-hybridized carbons (Fsp3) is 0.412. The molecule has 0 unspecified atom stereocenters. The Hall–Kier alpha value is 1.56. The second-order valence-corrected chi connectivity index (χ2v) is 7.10. The Morgan fingerprint density at radius 3 is 1.12 bits per heavy atom. The summed E-state index contributed by atoms with van der Waals surface area (Å²) in [5.41, 5.74) is 0.485. The quantitative estimate of drug-likeness (QED) is 0.190. The van der Waals surface area contributed by atoms with Gasteiger partial charge in [-0.1, -0.05) is 53.5 Å². The second kappa shape index (κ2) is 24.9. The molecule has 0 amide bonds. The summed E-state index contributed by atoms with van der Waals surface area (Å²) >= 11 is 10.8. The van der Waals surface area contributed by atoms with Crippen LogP contribution in [-0.4, -0.2) is 78.1 Å². The zero-order valence-corrected chi connectivity index (χ0v) is 29.0. The van der Waals surface area contributed by atoms with Crippen LogP contribution in [0.1, 0.15) is 5.56 Å². The molecule has 1 aromatic rings. The van der Waals surface area contributed by atoms with Crippen molar-refractivity contribution < 1.29 is 163 Å². The predicted octanol–water partition coefficient (Wildman–Crippen LogP) is -17.1. The summed E-state index contributed by atoms with van der Waals surface area (Å²) < 4.78 is -1.76. The van der Waals surface area contributed by atoms with Crippen molar-refractivity contribution in [3.8, 4) is 0 Å². The Kier molecular flexibility index (Phi) is 33.3.